The van der Waals surface area contributed by atoms with Crippen LogP contribution in [-0.4, -0.2) is 6.10 Å². The van der Waals surface area contributed by atoms with Crippen LogP contribution in [-0.2, 0) is 9.78 Å². The lowest BCUT2D eigenvalue weighted by Crippen LogP contribution is -2.33. The molecule has 1 rings (SSSR count). The molecule has 1 radical (unpaired) electrons. The van der Waals surface area contributed by atoms with Crippen molar-refractivity contribution in [1.82, 2.24) is 0 Å². The van der Waals surface area contributed by atoms with E-state index in [2.05, 4.69) is 11.8 Å². The van der Waals surface area contributed by atoms with Gasteiger partial charge in [-0.15, -0.1) is 0 Å². The first-order chi connectivity index (χ1) is 4.34. The Morgan fingerprint density at radius 3 is 2.67 bits per heavy atom. The smallest absolute Gasteiger partial charge is 0.164 e. The predicted octanol–water partition coefficient (Wildman–Crippen LogP) is 2.06. The summed E-state index contributed by atoms with van der Waals surface area (Å²) < 4.78 is 0. The summed E-state index contributed by atoms with van der Waals surface area (Å²) in [5.41, 5.74) is 0. The normalized spacial score (nSPS) is 28.0. The van der Waals surface area contributed by atoms with Gasteiger partial charge in [0.05, 0.1) is 0 Å². The second-order valence-electron chi connectivity index (χ2n) is 2.42. The van der Waals surface area contributed by atoms with Gasteiger partial charge in [-0.3, -0.25) is 0 Å². The van der Waals surface area contributed by atoms with E-state index < -0.39 is 0 Å². The molecule has 53 valence electrons. The number of hydrogen-bond donors (Lipinski definition) is 0. The Hall–Kier alpha value is -0.0800. The molecule has 0 aromatic rings. The van der Waals surface area contributed by atoms with Crippen LogP contribution in [0.5, 0.6) is 0 Å². The lowest BCUT2D eigenvalue weighted by molar-refractivity contribution is -0.412. The maximum absolute atomic E-state index is 4.81. The Morgan fingerprint density at radius 1 is 1.56 bits per heavy atom. The molecule has 0 aromatic carbocycles. The first-order valence-electron chi connectivity index (χ1n) is 3.51. The summed E-state index contributed by atoms with van der Waals surface area (Å²) in [5, 5.41) is 0. The summed E-state index contributed by atoms with van der Waals surface area (Å²) in [6, 6.07) is 0. The summed E-state index contributed by atoms with van der Waals surface area (Å²) >= 11 is 0. The first-order valence-corrected chi connectivity index (χ1v) is 3.51. The number of hydrogen-bond acceptors (Lipinski definition) is 2. The molecule has 0 saturated carbocycles. The number of rotatable bonds is 3. The monoisotopic (exact) mass is 129 g/mol. The van der Waals surface area contributed by atoms with Crippen molar-refractivity contribution >= 4 is 0 Å². The van der Waals surface area contributed by atoms with E-state index in [0.29, 0.717) is 6.10 Å². The van der Waals surface area contributed by atoms with Crippen molar-refractivity contribution in [2.24, 2.45) is 0 Å². The summed E-state index contributed by atoms with van der Waals surface area (Å²) in [6.45, 7) is 4.14. The quantitative estimate of drug-likeness (QED) is 0.543. The fourth-order valence-corrected chi connectivity index (χ4v) is 0.853. The van der Waals surface area contributed by atoms with Gasteiger partial charge in [0.2, 0.25) is 0 Å². The third-order valence-corrected chi connectivity index (χ3v) is 1.57. The summed E-state index contributed by atoms with van der Waals surface area (Å²) in [4.78, 5) is 9.46. The molecule has 0 bridgehead atoms. The molecule has 9 heavy (non-hydrogen) atoms. The van der Waals surface area contributed by atoms with Crippen molar-refractivity contribution in [2.75, 3.05) is 0 Å². The molecule has 1 aliphatic rings. The fourth-order valence-electron chi connectivity index (χ4n) is 0.853. The summed E-state index contributed by atoms with van der Waals surface area (Å²) in [6.07, 6.45) is 4.90. The molecule has 0 N–H and O–H groups in total. The van der Waals surface area contributed by atoms with Gasteiger partial charge in [-0.05, 0) is 13.3 Å². The van der Waals surface area contributed by atoms with Crippen molar-refractivity contribution in [1.29, 1.82) is 0 Å². The highest BCUT2D eigenvalue weighted by Crippen LogP contribution is 2.27. The van der Waals surface area contributed by atoms with Crippen LogP contribution in [0.1, 0.15) is 33.1 Å². The molecule has 0 amide bonds. The minimum atomic E-state index is 0.296. The van der Waals surface area contributed by atoms with Gasteiger partial charge < -0.3 is 0 Å². The van der Waals surface area contributed by atoms with Crippen molar-refractivity contribution in [2.45, 2.75) is 39.2 Å². The highest BCUT2D eigenvalue weighted by molar-refractivity contribution is 4.86. The molecule has 1 fully saturated rings. The van der Waals surface area contributed by atoms with Crippen LogP contribution >= 0.6 is 0 Å². The van der Waals surface area contributed by atoms with Gasteiger partial charge in [-0.2, -0.15) is 0 Å². The molecule has 0 spiro atoms. The fraction of sp³-hybridized carbons (Fsp3) is 0.857. The van der Waals surface area contributed by atoms with E-state index in [1.807, 2.05) is 6.92 Å². The van der Waals surface area contributed by atoms with Crippen molar-refractivity contribution in [3.8, 4) is 0 Å². The average Bonchev–Trinajstić information content (AvgIpc) is 1.86. The molecule has 1 saturated heterocycles. The van der Waals surface area contributed by atoms with Crippen LogP contribution in [0.2, 0.25) is 0 Å². The van der Waals surface area contributed by atoms with Gasteiger partial charge in [-0.25, -0.2) is 9.78 Å². The molecular formula is C7H13O2. The molecule has 1 heterocycles. The van der Waals surface area contributed by atoms with Gasteiger partial charge in [0.15, 0.2) is 6.10 Å². The first kappa shape index (κ1) is 7.03. The Labute approximate surface area is 56.1 Å². The van der Waals surface area contributed by atoms with Gasteiger partial charge >= 0.3 is 0 Å². The molecule has 0 aromatic heterocycles. The van der Waals surface area contributed by atoms with E-state index in [1.165, 1.54) is 12.8 Å². The van der Waals surface area contributed by atoms with Crippen molar-refractivity contribution in [3.05, 3.63) is 6.10 Å². The molecular weight excluding hydrogens is 116 g/mol. The van der Waals surface area contributed by atoms with E-state index in [-0.39, 0.29) is 0 Å². The zero-order chi connectivity index (χ0) is 6.69. The molecule has 1 atom stereocenters. The number of unbranched alkanes of at least 4 members (excludes halogenated alkanes) is 1. The van der Waals surface area contributed by atoms with Crippen molar-refractivity contribution in [3.63, 3.8) is 0 Å². The average molecular weight is 129 g/mol. The largest absolute Gasteiger partial charge is 0.229 e. The van der Waals surface area contributed by atoms with Crippen LogP contribution in [0.25, 0.3) is 0 Å². The topological polar surface area (TPSA) is 18.5 Å². The Bertz CT molecular complexity index is 83.0. The standard InChI is InChI=1S/C7H13O2/c1-3-4-5-7-6(2)8-9-7/h7H,3-5H2,1-2H3. The molecule has 2 heteroatoms. The minimum absolute atomic E-state index is 0.296. The second kappa shape index (κ2) is 3.18. The summed E-state index contributed by atoms with van der Waals surface area (Å²) in [5.74, 6) is 0. The third kappa shape index (κ3) is 1.66. The second-order valence-corrected chi connectivity index (χ2v) is 2.42. The predicted molar refractivity (Wildman–Crippen MR) is 34.4 cm³/mol. The van der Waals surface area contributed by atoms with Crippen LogP contribution in [0.15, 0.2) is 0 Å². The highest BCUT2D eigenvalue weighted by atomic mass is 17.2. The van der Waals surface area contributed by atoms with Crippen LogP contribution in [0.3, 0.4) is 0 Å². The summed E-state index contributed by atoms with van der Waals surface area (Å²) in [7, 11) is 0. The van der Waals surface area contributed by atoms with E-state index in [4.69, 9.17) is 4.89 Å². The lowest BCUT2D eigenvalue weighted by atomic mass is 10.1. The van der Waals surface area contributed by atoms with Gasteiger partial charge in [0.25, 0.3) is 0 Å². The maximum Gasteiger partial charge on any atom is 0.164 e. The lowest BCUT2D eigenvalue weighted by Gasteiger charge is -2.30. The van der Waals surface area contributed by atoms with Crippen LogP contribution in [0, 0.1) is 6.10 Å². The molecule has 0 aliphatic carbocycles. The Balaban J connectivity index is 1.99. The molecule has 1 unspecified atom stereocenters. The van der Waals surface area contributed by atoms with Crippen LogP contribution < -0.4 is 0 Å². The highest BCUT2D eigenvalue weighted by Gasteiger charge is 2.30. The van der Waals surface area contributed by atoms with Gasteiger partial charge in [-0.1, -0.05) is 19.8 Å². The Morgan fingerprint density at radius 2 is 2.33 bits per heavy atom. The SMILES string of the molecule is CCCCC1OO[C]1C. The van der Waals surface area contributed by atoms with Crippen molar-refractivity contribution < 1.29 is 9.78 Å². The van der Waals surface area contributed by atoms with E-state index >= 15 is 0 Å². The van der Waals surface area contributed by atoms with Gasteiger partial charge in [0.1, 0.15) is 6.10 Å². The van der Waals surface area contributed by atoms with E-state index in [0.717, 1.165) is 12.5 Å². The zero-order valence-electron chi connectivity index (χ0n) is 6.02. The van der Waals surface area contributed by atoms with Crippen LogP contribution in [0.4, 0.5) is 0 Å². The minimum Gasteiger partial charge on any atom is -0.229 e. The van der Waals surface area contributed by atoms with Gasteiger partial charge in [0, 0.05) is 0 Å². The molecule has 2 nitrogen and oxygen atoms in total. The molecule has 1 aliphatic heterocycles. The third-order valence-electron chi connectivity index (χ3n) is 1.57. The zero-order valence-corrected chi connectivity index (χ0v) is 6.02. The van der Waals surface area contributed by atoms with E-state index in [1.54, 1.807) is 0 Å². The Kier molecular flexibility index (Phi) is 2.49. The van der Waals surface area contributed by atoms with E-state index in [9.17, 15) is 0 Å². The maximum atomic E-state index is 4.81.